The van der Waals surface area contributed by atoms with Gasteiger partial charge in [0.2, 0.25) is 0 Å². The van der Waals surface area contributed by atoms with E-state index >= 15 is 0 Å². The fourth-order valence-corrected chi connectivity index (χ4v) is 2.23. The zero-order valence-corrected chi connectivity index (χ0v) is 11.9. The number of carbonyl (C=O) groups excluding carboxylic acids is 1. The number of thiophene rings is 1. The Morgan fingerprint density at radius 1 is 1.16 bits per heavy atom. The molecule has 1 aromatic carbocycles. The van der Waals surface area contributed by atoms with E-state index in [0.717, 1.165) is 11.3 Å². The van der Waals surface area contributed by atoms with Crippen molar-refractivity contribution in [1.29, 1.82) is 0 Å². The maximum absolute atomic E-state index is 11.7. The lowest BCUT2D eigenvalue weighted by molar-refractivity contribution is 0.0948. The molecule has 1 amide bonds. The number of rotatable bonds is 2. The van der Waals surface area contributed by atoms with E-state index in [9.17, 15) is 4.79 Å². The van der Waals surface area contributed by atoms with Crippen LogP contribution >= 0.6 is 23.6 Å². The molecule has 98 valence electrons. The van der Waals surface area contributed by atoms with E-state index in [4.69, 9.17) is 12.2 Å². The molecule has 2 aromatic rings. The van der Waals surface area contributed by atoms with Crippen LogP contribution in [0.25, 0.3) is 0 Å². The molecule has 1 heterocycles. The molecular weight excluding hydrogens is 278 g/mol. The van der Waals surface area contributed by atoms with Gasteiger partial charge in [0, 0.05) is 5.69 Å². The largest absolute Gasteiger partial charge is 0.331 e. The maximum Gasteiger partial charge on any atom is 0.279 e. The zero-order chi connectivity index (χ0) is 13.7. The van der Waals surface area contributed by atoms with E-state index in [1.807, 2.05) is 42.6 Å². The number of para-hydroxylation sites is 1. The van der Waals surface area contributed by atoms with Gasteiger partial charge in [-0.05, 0) is 42.2 Å². The second-order valence-electron chi connectivity index (χ2n) is 3.83. The Morgan fingerprint density at radius 3 is 2.63 bits per heavy atom. The number of thiocarbonyl (C=S) groups is 1. The minimum atomic E-state index is -0.205. The first-order chi connectivity index (χ1) is 9.16. The summed E-state index contributed by atoms with van der Waals surface area (Å²) in [5.41, 5.74) is 7.20. The summed E-state index contributed by atoms with van der Waals surface area (Å²) in [5.74, 6) is -0.205. The monoisotopic (exact) mass is 291 g/mol. The van der Waals surface area contributed by atoms with Crippen LogP contribution in [0.2, 0.25) is 0 Å². The molecule has 0 spiro atoms. The van der Waals surface area contributed by atoms with E-state index < -0.39 is 0 Å². The van der Waals surface area contributed by atoms with Gasteiger partial charge in [-0.25, -0.2) is 0 Å². The summed E-state index contributed by atoms with van der Waals surface area (Å²) in [6.45, 7) is 1.98. The SMILES string of the molecule is Cc1ccccc1NC(=S)NNC(=O)c1cccs1. The number of hydrogen-bond donors (Lipinski definition) is 3. The number of amides is 1. The highest BCUT2D eigenvalue weighted by Crippen LogP contribution is 2.12. The Hall–Kier alpha value is -1.92. The van der Waals surface area contributed by atoms with Crippen molar-refractivity contribution in [2.75, 3.05) is 5.32 Å². The first-order valence-electron chi connectivity index (χ1n) is 5.63. The van der Waals surface area contributed by atoms with Crippen LogP contribution in [0.5, 0.6) is 0 Å². The summed E-state index contributed by atoms with van der Waals surface area (Å²) < 4.78 is 0. The number of anilines is 1. The lowest BCUT2D eigenvalue weighted by atomic mass is 10.2. The van der Waals surface area contributed by atoms with E-state index in [1.54, 1.807) is 6.07 Å². The molecule has 0 aliphatic rings. The van der Waals surface area contributed by atoms with Gasteiger partial charge >= 0.3 is 0 Å². The molecule has 19 heavy (non-hydrogen) atoms. The molecule has 2 rings (SSSR count). The van der Waals surface area contributed by atoms with Crippen LogP contribution < -0.4 is 16.2 Å². The third kappa shape index (κ3) is 3.77. The topological polar surface area (TPSA) is 53.2 Å². The standard InChI is InChI=1S/C13H13N3OS2/c1-9-5-2-3-6-10(9)14-13(18)16-15-12(17)11-7-4-8-19-11/h2-8H,1H3,(H,15,17)(H2,14,16,18). The van der Waals surface area contributed by atoms with E-state index in [1.165, 1.54) is 11.3 Å². The minimum absolute atomic E-state index is 0.205. The number of carbonyl (C=O) groups is 1. The molecule has 0 bridgehead atoms. The normalized spacial score (nSPS) is 9.74. The molecule has 6 heteroatoms. The van der Waals surface area contributed by atoms with Crippen LogP contribution in [0.4, 0.5) is 5.69 Å². The fraction of sp³-hybridized carbons (Fsp3) is 0.0769. The Bertz CT molecular complexity index is 581. The predicted molar refractivity (Wildman–Crippen MR) is 82.3 cm³/mol. The Labute approximate surface area is 120 Å². The Kier molecular flexibility index (Phi) is 4.48. The molecule has 3 N–H and O–H groups in total. The molecule has 0 saturated heterocycles. The average molecular weight is 291 g/mol. The Morgan fingerprint density at radius 2 is 1.95 bits per heavy atom. The van der Waals surface area contributed by atoms with Gasteiger partial charge in [-0.2, -0.15) is 0 Å². The van der Waals surface area contributed by atoms with Crippen molar-refractivity contribution in [3.05, 3.63) is 52.2 Å². The number of benzene rings is 1. The lowest BCUT2D eigenvalue weighted by Crippen LogP contribution is -2.43. The highest BCUT2D eigenvalue weighted by Gasteiger charge is 2.06. The van der Waals surface area contributed by atoms with Gasteiger partial charge < -0.3 is 5.32 Å². The van der Waals surface area contributed by atoms with Crippen molar-refractivity contribution in [3.63, 3.8) is 0 Å². The van der Waals surface area contributed by atoms with Crippen LogP contribution in [-0.4, -0.2) is 11.0 Å². The summed E-state index contributed by atoms with van der Waals surface area (Å²) in [6, 6.07) is 11.3. The molecule has 0 aliphatic heterocycles. The molecule has 0 fully saturated rings. The maximum atomic E-state index is 11.7. The molecule has 4 nitrogen and oxygen atoms in total. The van der Waals surface area contributed by atoms with Crippen molar-refractivity contribution < 1.29 is 4.79 Å². The van der Waals surface area contributed by atoms with Gasteiger partial charge in [0.15, 0.2) is 5.11 Å². The number of hydrogen-bond acceptors (Lipinski definition) is 3. The van der Waals surface area contributed by atoms with Crippen LogP contribution in [0.3, 0.4) is 0 Å². The van der Waals surface area contributed by atoms with Crippen LogP contribution in [0.15, 0.2) is 41.8 Å². The van der Waals surface area contributed by atoms with E-state index in [2.05, 4.69) is 16.2 Å². The van der Waals surface area contributed by atoms with Crippen LogP contribution in [-0.2, 0) is 0 Å². The average Bonchev–Trinajstić information content (AvgIpc) is 2.93. The number of hydrazine groups is 1. The van der Waals surface area contributed by atoms with Gasteiger partial charge in [0.25, 0.3) is 5.91 Å². The van der Waals surface area contributed by atoms with E-state index in [-0.39, 0.29) is 5.91 Å². The Balaban J connectivity index is 1.86. The summed E-state index contributed by atoms with van der Waals surface area (Å²) >= 11 is 6.48. The smallest absolute Gasteiger partial charge is 0.279 e. The molecule has 0 atom stereocenters. The van der Waals surface area contributed by atoms with Crippen molar-refractivity contribution >= 4 is 40.3 Å². The summed E-state index contributed by atoms with van der Waals surface area (Å²) in [4.78, 5) is 12.3. The van der Waals surface area contributed by atoms with E-state index in [0.29, 0.717) is 9.99 Å². The summed E-state index contributed by atoms with van der Waals surface area (Å²) in [7, 11) is 0. The van der Waals surface area contributed by atoms with Crippen LogP contribution in [0.1, 0.15) is 15.2 Å². The third-order valence-electron chi connectivity index (χ3n) is 2.43. The molecule has 0 unspecified atom stereocenters. The fourth-order valence-electron chi connectivity index (χ4n) is 1.45. The first-order valence-corrected chi connectivity index (χ1v) is 6.92. The molecule has 0 aliphatic carbocycles. The molecule has 1 aromatic heterocycles. The van der Waals surface area contributed by atoms with Crippen molar-refractivity contribution in [1.82, 2.24) is 10.9 Å². The highest BCUT2D eigenvalue weighted by molar-refractivity contribution is 7.80. The minimum Gasteiger partial charge on any atom is -0.331 e. The van der Waals surface area contributed by atoms with Gasteiger partial charge in [-0.15, -0.1) is 11.3 Å². The molecular formula is C13H13N3OS2. The first kappa shape index (κ1) is 13.5. The van der Waals surface area contributed by atoms with Crippen molar-refractivity contribution in [2.24, 2.45) is 0 Å². The van der Waals surface area contributed by atoms with Crippen molar-refractivity contribution in [3.8, 4) is 0 Å². The molecule has 0 radical (unpaired) electrons. The predicted octanol–water partition coefficient (Wildman–Crippen LogP) is 2.69. The molecule has 0 saturated carbocycles. The number of nitrogens with one attached hydrogen (secondary N) is 3. The second-order valence-corrected chi connectivity index (χ2v) is 5.18. The van der Waals surface area contributed by atoms with Gasteiger partial charge in [0.1, 0.15) is 0 Å². The zero-order valence-electron chi connectivity index (χ0n) is 10.3. The lowest BCUT2D eigenvalue weighted by Gasteiger charge is -2.12. The van der Waals surface area contributed by atoms with Crippen molar-refractivity contribution in [2.45, 2.75) is 6.92 Å². The quantitative estimate of drug-likeness (QED) is 0.588. The van der Waals surface area contributed by atoms with Gasteiger partial charge in [0.05, 0.1) is 4.88 Å². The highest BCUT2D eigenvalue weighted by atomic mass is 32.1. The second kappa shape index (κ2) is 6.31. The summed E-state index contributed by atoms with van der Waals surface area (Å²) in [6.07, 6.45) is 0. The van der Waals surface area contributed by atoms with Gasteiger partial charge in [-0.1, -0.05) is 24.3 Å². The van der Waals surface area contributed by atoms with Gasteiger partial charge in [-0.3, -0.25) is 15.6 Å². The summed E-state index contributed by atoms with van der Waals surface area (Å²) in [5, 5.41) is 5.21. The number of aryl methyl sites for hydroxylation is 1. The van der Waals surface area contributed by atoms with Crippen LogP contribution in [0, 0.1) is 6.92 Å². The third-order valence-corrected chi connectivity index (χ3v) is 3.50.